The first-order valence-corrected chi connectivity index (χ1v) is 11.9. The van der Waals surface area contributed by atoms with E-state index in [1.165, 1.54) is 4.52 Å². The molecule has 3 aromatic heterocycles. The van der Waals surface area contributed by atoms with Gasteiger partial charge in [-0.05, 0) is 24.6 Å². The van der Waals surface area contributed by atoms with Gasteiger partial charge in [0.1, 0.15) is 10.4 Å². The highest BCUT2D eigenvalue weighted by atomic mass is 35.5. The lowest BCUT2D eigenvalue weighted by Gasteiger charge is -2.42. The maximum absolute atomic E-state index is 13.5. The summed E-state index contributed by atoms with van der Waals surface area (Å²) in [5.41, 5.74) is 7.46. The van der Waals surface area contributed by atoms with Crippen LogP contribution in [0.4, 0.5) is 11.8 Å². The molecule has 1 aromatic carbocycles. The van der Waals surface area contributed by atoms with E-state index in [0.717, 1.165) is 12.1 Å². The molecule has 1 fully saturated rings. The number of nitrogens with zero attached hydrogens (tertiary/aromatic N) is 6. The molecular formula is C21H18ClN7O2S. The van der Waals surface area contributed by atoms with Crippen LogP contribution in [-0.2, 0) is 17.2 Å². The van der Waals surface area contributed by atoms with Crippen molar-refractivity contribution in [1.29, 1.82) is 0 Å². The molecule has 9 nitrogen and oxygen atoms in total. The molecule has 0 spiro atoms. The van der Waals surface area contributed by atoms with Gasteiger partial charge in [0.15, 0.2) is 11.6 Å². The molecule has 5 heterocycles. The van der Waals surface area contributed by atoms with Crippen LogP contribution in [0, 0.1) is 0 Å². The third-order valence-electron chi connectivity index (χ3n) is 5.95. The lowest BCUT2D eigenvalue weighted by atomic mass is 10.0. The number of para-hydroxylation sites is 1. The molecule has 2 unspecified atom stereocenters. The molecule has 6 rings (SSSR count). The van der Waals surface area contributed by atoms with Gasteiger partial charge in [-0.2, -0.15) is 10.1 Å². The molecule has 0 radical (unpaired) electrons. The van der Waals surface area contributed by atoms with Gasteiger partial charge in [-0.3, -0.25) is 13.6 Å². The highest BCUT2D eigenvalue weighted by Gasteiger charge is 2.39. The van der Waals surface area contributed by atoms with Gasteiger partial charge in [-0.25, -0.2) is 9.50 Å². The Morgan fingerprint density at radius 2 is 1.97 bits per heavy atom. The second-order valence-corrected chi connectivity index (χ2v) is 9.68. The molecule has 2 N–H and O–H groups in total. The number of anilines is 2. The fourth-order valence-electron chi connectivity index (χ4n) is 4.39. The summed E-state index contributed by atoms with van der Waals surface area (Å²) in [6.07, 6.45) is 3.04. The number of aryl methyl sites for hydroxylation is 1. The summed E-state index contributed by atoms with van der Waals surface area (Å²) >= 11 is 6.29. The van der Waals surface area contributed by atoms with Crippen molar-refractivity contribution < 1.29 is 4.21 Å². The number of hydrogen-bond acceptors (Lipinski definition) is 7. The van der Waals surface area contributed by atoms with Gasteiger partial charge in [-0.1, -0.05) is 29.8 Å². The Balaban J connectivity index is 1.56. The first-order chi connectivity index (χ1) is 15.5. The largest absolute Gasteiger partial charge is 0.368 e. The summed E-state index contributed by atoms with van der Waals surface area (Å²) in [6.45, 7) is 0.680. The molecule has 2 aliphatic rings. The van der Waals surface area contributed by atoms with Crippen molar-refractivity contribution >= 4 is 39.7 Å². The Morgan fingerprint density at radius 1 is 1.16 bits per heavy atom. The molecule has 4 aromatic rings. The smallest absolute Gasteiger partial charge is 0.284 e. The second kappa shape index (κ2) is 7.14. The van der Waals surface area contributed by atoms with Crippen LogP contribution in [-0.4, -0.2) is 40.7 Å². The van der Waals surface area contributed by atoms with Crippen molar-refractivity contribution in [3.8, 4) is 5.69 Å². The Bertz CT molecular complexity index is 1470. The highest BCUT2D eigenvalue weighted by Crippen LogP contribution is 2.41. The monoisotopic (exact) mass is 467 g/mol. The number of halogens is 1. The minimum absolute atomic E-state index is 0.157. The van der Waals surface area contributed by atoms with Crippen LogP contribution in [0.3, 0.4) is 0 Å². The van der Waals surface area contributed by atoms with E-state index < -0.39 is 10.8 Å². The number of aromatic nitrogens is 5. The van der Waals surface area contributed by atoms with E-state index in [1.54, 1.807) is 16.8 Å². The molecule has 0 saturated carbocycles. The summed E-state index contributed by atoms with van der Waals surface area (Å²) in [6, 6.07) is 10.8. The SMILES string of the molecule is Nc1nc2c(c(N3CCC3c3nn4ccc(Cl)c4c(=O)n3-c3ccccc3)n1)S(=O)CC2. The maximum atomic E-state index is 13.5. The van der Waals surface area contributed by atoms with Gasteiger partial charge in [0.2, 0.25) is 5.95 Å². The fourth-order valence-corrected chi connectivity index (χ4v) is 5.97. The molecular weight excluding hydrogens is 450 g/mol. The van der Waals surface area contributed by atoms with E-state index in [9.17, 15) is 9.00 Å². The van der Waals surface area contributed by atoms with Crippen molar-refractivity contribution in [3.05, 3.63) is 69.5 Å². The molecule has 32 heavy (non-hydrogen) atoms. The standard InChI is InChI=1S/C21H18ClN7O2S/c22-13-6-10-28-16(13)20(30)29(12-4-2-1-3-5-12)18(26-28)15-7-9-27(15)19-17-14(8-11-32(17)31)24-21(23)25-19/h1-6,10,15H,7-9,11H2,(H2,23,24,25). The molecule has 0 bridgehead atoms. The molecule has 0 amide bonds. The highest BCUT2D eigenvalue weighted by molar-refractivity contribution is 7.85. The van der Waals surface area contributed by atoms with Crippen LogP contribution in [0.2, 0.25) is 5.02 Å². The normalized spacial score (nSPS) is 19.8. The van der Waals surface area contributed by atoms with Crippen molar-refractivity contribution in [2.45, 2.75) is 23.8 Å². The third-order valence-corrected chi connectivity index (χ3v) is 7.71. The van der Waals surface area contributed by atoms with E-state index >= 15 is 0 Å². The van der Waals surface area contributed by atoms with Crippen LogP contribution in [0.25, 0.3) is 11.2 Å². The van der Waals surface area contributed by atoms with Gasteiger partial charge in [-0.15, -0.1) is 0 Å². The van der Waals surface area contributed by atoms with E-state index in [2.05, 4.69) is 9.97 Å². The first kappa shape index (κ1) is 19.4. The summed E-state index contributed by atoms with van der Waals surface area (Å²) in [5, 5.41) is 5.12. The quantitative estimate of drug-likeness (QED) is 0.491. The maximum Gasteiger partial charge on any atom is 0.284 e. The van der Waals surface area contributed by atoms with Gasteiger partial charge in [0.25, 0.3) is 5.56 Å². The number of fused-ring (bicyclic) bond motifs is 2. The zero-order valence-corrected chi connectivity index (χ0v) is 18.4. The summed E-state index contributed by atoms with van der Waals surface area (Å²) in [5.74, 6) is 1.80. The molecule has 162 valence electrons. The predicted octanol–water partition coefficient (Wildman–Crippen LogP) is 2.13. The van der Waals surface area contributed by atoms with E-state index in [-0.39, 0.29) is 17.5 Å². The number of benzene rings is 1. The van der Waals surface area contributed by atoms with Crippen molar-refractivity contribution in [1.82, 2.24) is 24.1 Å². The average molecular weight is 468 g/mol. The molecule has 1 saturated heterocycles. The van der Waals surface area contributed by atoms with Gasteiger partial charge < -0.3 is 10.6 Å². The van der Waals surface area contributed by atoms with Gasteiger partial charge in [0.05, 0.1) is 33.2 Å². The van der Waals surface area contributed by atoms with Crippen LogP contribution in [0.1, 0.15) is 24.0 Å². The van der Waals surface area contributed by atoms with Crippen molar-refractivity contribution in [2.75, 3.05) is 22.9 Å². The third kappa shape index (κ3) is 2.79. The Kier molecular flexibility index (Phi) is 4.34. The van der Waals surface area contributed by atoms with E-state index in [1.807, 2.05) is 35.2 Å². The molecule has 2 aliphatic heterocycles. The van der Waals surface area contributed by atoms with Crippen LogP contribution in [0.5, 0.6) is 0 Å². The Labute approximate surface area is 189 Å². The number of rotatable bonds is 3. The van der Waals surface area contributed by atoms with Crippen molar-refractivity contribution in [2.24, 2.45) is 0 Å². The van der Waals surface area contributed by atoms with Gasteiger partial charge >= 0.3 is 0 Å². The van der Waals surface area contributed by atoms with Gasteiger partial charge in [0, 0.05) is 24.9 Å². The minimum Gasteiger partial charge on any atom is -0.368 e. The average Bonchev–Trinajstić information content (AvgIpc) is 3.30. The molecule has 0 aliphatic carbocycles. The topological polar surface area (TPSA) is 111 Å². The zero-order valence-electron chi connectivity index (χ0n) is 16.8. The molecule has 2 atom stereocenters. The summed E-state index contributed by atoms with van der Waals surface area (Å²) in [4.78, 5) is 24.9. The Hall–Kier alpha value is -3.24. The lowest BCUT2D eigenvalue weighted by molar-refractivity contribution is 0.420. The first-order valence-electron chi connectivity index (χ1n) is 10.2. The summed E-state index contributed by atoms with van der Waals surface area (Å²) < 4.78 is 15.8. The van der Waals surface area contributed by atoms with E-state index in [0.29, 0.717) is 51.5 Å². The Morgan fingerprint density at radius 3 is 2.72 bits per heavy atom. The van der Waals surface area contributed by atoms with Crippen LogP contribution < -0.4 is 16.2 Å². The fraction of sp³-hybridized carbons (Fsp3) is 0.238. The number of nitrogens with two attached hydrogens (primary N) is 1. The van der Waals surface area contributed by atoms with Crippen molar-refractivity contribution in [3.63, 3.8) is 0 Å². The number of hydrogen-bond donors (Lipinski definition) is 1. The van der Waals surface area contributed by atoms with Crippen LogP contribution >= 0.6 is 11.6 Å². The number of nitrogen functional groups attached to an aromatic ring is 1. The predicted molar refractivity (Wildman–Crippen MR) is 122 cm³/mol. The van der Waals surface area contributed by atoms with E-state index in [4.69, 9.17) is 22.4 Å². The van der Waals surface area contributed by atoms with Crippen LogP contribution in [0.15, 0.2) is 52.3 Å². The second-order valence-electron chi connectivity index (χ2n) is 7.77. The molecule has 11 heteroatoms. The minimum atomic E-state index is -1.18. The zero-order chi connectivity index (χ0) is 22.0. The lowest BCUT2D eigenvalue weighted by Crippen LogP contribution is -2.45. The summed E-state index contributed by atoms with van der Waals surface area (Å²) in [7, 11) is -1.18.